The lowest BCUT2D eigenvalue weighted by atomic mass is 10.3. The molecule has 1 fully saturated rings. The first-order valence-electron chi connectivity index (χ1n) is 5.45. The van der Waals surface area contributed by atoms with Gasteiger partial charge in [-0.3, -0.25) is 9.48 Å². The van der Waals surface area contributed by atoms with Crippen LogP contribution in [0.3, 0.4) is 0 Å². The fourth-order valence-corrected chi connectivity index (χ4v) is 3.09. The number of aldehydes is 1. The second-order valence-corrected chi connectivity index (χ2v) is 5.00. The van der Waals surface area contributed by atoms with Gasteiger partial charge in [0.1, 0.15) is 5.03 Å². The number of nitrogens with zero attached hydrogens (tertiary/aromatic N) is 2. The Morgan fingerprint density at radius 2 is 2.50 bits per heavy atom. The molecule has 1 aliphatic rings. The van der Waals surface area contributed by atoms with E-state index >= 15 is 0 Å². The molecule has 1 aromatic rings. The van der Waals surface area contributed by atoms with Gasteiger partial charge in [-0.25, -0.2) is 0 Å². The molecule has 0 radical (unpaired) electrons. The highest BCUT2D eigenvalue weighted by Crippen LogP contribution is 2.27. The van der Waals surface area contributed by atoms with Crippen LogP contribution in [0.25, 0.3) is 0 Å². The zero-order valence-electron chi connectivity index (χ0n) is 9.60. The first-order valence-corrected chi connectivity index (χ1v) is 6.44. The first kappa shape index (κ1) is 11.7. The summed E-state index contributed by atoms with van der Waals surface area (Å²) in [6.45, 7) is 2.73. The summed E-state index contributed by atoms with van der Waals surface area (Å²) >= 11 is 1.66. The molecule has 16 heavy (non-hydrogen) atoms. The van der Waals surface area contributed by atoms with E-state index in [4.69, 9.17) is 4.74 Å². The molecule has 2 rings (SSSR count). The van der Waals surface area contributed by atoms with Gasteiger partial charge in [-0.1, -0.05) is 0 Å². The van der Waals surface area contributed by atoms with Gasteiger partial charge in [0, 0.05) is 19.4 Å². The van der Waals surface area contributed by atoms with E-state index in [1.54, 1.807) is 16.4 Å². The Morgan fingerprint density at radius 1 is 1.69 bits per heavy atom. The van der Waals surface area contributed by atoms with Crippen LogP contribution in [0.2, 0.25) is 0 Å². The van der Waals surface area contributed by atoms with Crippen molar-refractivity contribution in [2.24, 2.45) is 7.05 Å². The third-order valence-corrected chi connectivity index (χ3v) is 4.06. The van der Waals surface area contributed by atoms with Crippen molar-refractivity contribution in [3.63, 3.8) is 0 Å². The number of thioether (sulfide) groups is 1. The van der Waals surface area contributed by atoms with E-state index < -0.39 is 0 Å². The molecule has 2 heterocycles. The number of ether oxygens (including phenoxy) is 1. The molecule has 4 nitrogen and oxygen atoms in total. The molecular formula is C11H16N2O2S. The predicted molar refractivity (Wildman–Crippen MR) is 63.0 cm³/mol. The first-order chi connectivity index (χ1) is 7.72. The number of hydrogen-bond acceptors (Lipinski definition) is 4. The van der Waals surface area contributed by atoms with Crippen LogP contribution < -0.4 is 0 Å². The number of carbonyl (C=O) groups is 1. The van der Waals surface area contributed by atoms with Gasteiger partial charge < -0.3 is 4.74 Å². The van der Waals surface area contributed by atoms with Crippen LogP contribution >= 0.6 is 11.8 Å². The second-order valence-electron chi connectivity index (χ2n) is 3.99. The Bertz CT molecular complexity index is 384. The zero-order valence-corrected chi connectivity index (χ0v) is 10.4. The predicted octanol–water partition coefficient (Wildman–Crippen LogP) is 1.81. The van der Waals surface area contributed by atoms with Gasteiger partial charge in [-0.2, -0.15) is 5.10 Å². The van der Waals surface area contributed by atoms with E-state index in [9.17, 15) is 4.79 Å². The molecule has 0 bridgehead atoms. The highest BCUT2D eigenvalue weighted by atomic mass is 32.2. The topological polar surface area (TPSA) is 44.1 Å². The van der Waals surface area contributed by atoms with Crippen molar-refractivity contribution in [3.05, 3.63) is 11.3 Å². The van der Waals surface area contributed by atoms with E-state index in [-0.39, 0.29) is 0 Å². The molecule has 0 aromatic carbocycles. The Hall–Kier alpha value is -0.810. The van der Waals surface area contributed by atoms with Gasteiger partial charge in [-0.05, 0) is 19.8 Å². The largest absolute Gasteiger partial charge is 0.377 e. The molecule has 0 saturated carbocycles. The molecular weight excluding hydrogens is 224 g/mol. The number of carbonyl (C=O) groups excluding carboxylic acids is 1. The van der Waals surface area contributed by atoms with Crippen LogP contribution in [-0.4, -0.2) is 34.5 Å². The molecule has 1 atom stereocenters. The van der Waals surface area contributed by atoms with Gasteiger partial charge >= 0.3 is 0 Å². The van der Waals surface area contributed by atoms with Crippen LogP contribution in [0, 0.1) is 6.92 Å². The number of rotatable bonds is 4. The quantitative estimate of drug-likeness (QED) is 0.595. The number of hydrogen-bond donors (Lipinski definition) is 0. The Labute approximate surface area is 99.4 Å². The van der Waals surface area contributed by atoms with Crippen molar-refractivity contribution in [1.29, 1.82) is 0 Å². The summed E-state index contributed by atoms with van der Waals surface area (Å²) < 4.78 is 7.33. The average Bonchev–Trinajstić information content (AvgIpc) is 2.83. The summed E-state index contributed by atoms with van der Waals surface area (Å²) in [6.07, 6.45) is 3.50. The third kappa shape index (κ3) is 2.30. The molecule has 0 spiro atoms. The minimum absolute atomic E-state index is 0.333. The summed E-state index contributed by atoms with van der Waals surface area (Å²) in [4.78, 5) is 11.0. The average molecular weight is 240 g/mol. The summed E-state index contributed by atoms with van der Waals surface area (Å²) in [5, 5.41) is 5.20. The maximum atomic E-state index is 11.0. The Morgan fingerprint density at radius 3 is 3.12 bits per heavy atom. The van der Waals surface area contributed by atoms with Crippen LogP contribution in [0.4, 0.5) is 0 Å². The standard InChI is InChI=1S/C11H16N2O2S/c1-8-10(6-14)11(13(2)12-8)16-7-9-4-3-5-15-9/h6,9H,3-5,7H2,1-2H3. The molecule has 0 N–H and O–H groups in total. The normalized spacial score (nSPS) is 20.2. The minimum Gasteiger partial charge on any atom is -0.377 e. The van der Waals surface area contributed by atoms with E-state index in [0.717, 1.165) is 42.2 Å². The summed E-state index contributed by atoms with van der Waals surface area (Å²) in [6, 6.07) is 0. The van der Waals surface area contributed by atoms with Crippen molar-refractivity contribution in [3.8, 4) is 0 Å². The van der Waals surface area contributed by atoms with Crippen LogP contribution in [0.5, 0.6) is 0 Å². The van der Waals surface area contributed by atoms with Gasteiger partial charge in [0.15, 0.2) is 6.29 Å². The van der Waals surface area contributed by atoms with Gasteiger partial charge in [-0.15, -0.1) is 11.8 Å². The fraction of sp³-hybridized carbons (Fsp3) is 0.636. The maximum Gasteiger partial charge on any atom is 0.154 e. The van der Waals surface area contributed by atoms with E-state index in [1.807, 2.05) is 14.0 Å². The van der Waals surface area contributed by atoms with E-state index in [0.29, 0.717) is 11.7 Å². The molecule has 1 aromatic heterocycles. The monoisotopic (exact) mass is 240 g/mol. The lowest BCUT2D eigenvalue weighted by Crippen LogP contribution is -2.08. The summed E-state index contributed by atoms with van der Waals surface area (Å²) in [5.41, 5.74) is 1.51. The highest BCUT2D eigenvalue weighted by molar-refractivity contribution is 7.99. The van der Waals surface area contributed by atoms with Crippen molar-refractivity contribution >= 4 is 18.0 Å². The molecule has 88 valence electrons. The van der Waals surface area contributed by atoms with Crippen LogP contribution in [0.1, 0.15) is 28.9 Å². The SMILES string of the molecule is Cc1nn(C)c(SCC2CCCO2)c1C=O. The van der Waals surface area contributed by atoms with Crippen molar-refractivity contribution in [2.75, 3.05) is 12.4 Å². The summed E-state index contributed by atoms with van der Waals surface area (Å²) in [7, 11) is 1.87. The van der Waals surface area contributed by atoms with E-state index in [1.165, 1.54) is 0 Å². The Balaban J connectivity index is 2.05. The molecule has 1 unspecified atom stereocenters. The van der Waals surface area contributed by atoms with Gasteiger partial charge in [0.2, 0.25) is 0 Å². The van der Waals surface area contributed by atoms with E-state index in [2.05, 4.69) is 5.10 Å². The van der Waals surface area contributed by atoms with Crippen LogP contribution in [-0.2, 0) is 11.8 Å². The summed E-state index contributed by atoms with van der Waals surface area (Å²) in [5.74, 6) is 0.903. The smallest absolute Gasteiger partial charge is 0.154 e. The van der Waals surface area contributed by atoms with Crippen molar-refractivity contribution in [1.82, 2.24) is 9.78 Å². The molecule has 1 aliphatic heterocycles. The van der Waals surface area contributed by atoms with Crippen molar-refractivity contribution < 1.29 is 9.53 Å². The Kier molecular flexibility index (Phi) is 3.66. The maximum absolute atomic E-state index is 11.0. The molecule has 1 saturated heterocycles. The third-order valence-electron chi connectivity index (χ3n) is 2.76. The fourth-order valence-electron chi connectivity index (χ4n) is 1.91. The molecule has 5 heteroatoms. The lowest BCUT2D eigenvalue weighted by molar-refractivity contribution is 0.111. The number of aryl methyl sites for hydroxylation is 2. The highest BCUT2D eigenvalue weighted by Gasteiger charge is 2.19. The number of aromatic nitrogens is 2. The van der Waals surface area contributed by atoms with Gasteiger partial charge in [0.05, 0.1) is 17.4 Å². The lowest BCUT2D eigenvalue weighted by Gasteiger charge is -2.08. The van der Waals surface area contributed by atoms with Crippen LogP contribution in [0.15, 0.2) is 5.03 Å². The minimum atomic E-state index is 0.333. The molecule has 0 amide bonds. The molecule has 0 aliphatic carbocycles. The second kappa shape index (κ2) is 5.01. The van der Waals surface area contributed by atoms with Crippen molar-refractivity contribution in [2.45, 2.75) is 30.9 Å². The zero-order chi connectivity index (χ0) is 11.5. The van der Waals surface area contributed by atoms with Gasteiger partial charge in [0.25, 0.3) is 0 Å².